The van der Waals surface area contributed by atoms with Crippen molar-refractivity contribution in [2.45, 2.75) is 67.0 Å². The van der Waals surface area contributed by atoms with E-state index < -0.39 is 0 Å². The molecule has 1 N–H and O–H groups in total. The first-order valence-corrected chi connectivity index (χ1v) is 6.32. The molecule has 0 spiro atoms. The van der Waals surface area contributed by atoms with Gasteiger partial charge in [0, 0.05) is 6.04 Å². The SMILES string of the molecule is CC.CC(C)CC(C)NC(=O)COC(C)C. The van der Waals surface area contributed by atoms with Crippen LogP contribution in [-0.2, 0) is 9.53 Å². The number of carbonyl (C=O) groups excluding carboxylic acids is 1. The van der Waals surface area contributed by atoms with Crippen molar-refractivity contribution < 1.29 is 9.53 Å². The van der Waals surface area contributed by atoms with Gasteiger partial charge in [0.1, 0.15) is 6.61 Å². The van der Waals surface area contributed by atoms with E-state index in [-0.39, 0.29) is 24.7 Å². The van der Waals surface area contributed by atoms with E-state index in [9.17, 15) is 4.79 Å². The van der Waals surface area contributed by atoms with Crippen LogP contribution in [0.3, 0.4) is 0 Å². The zero-order valence-electron chi connectivity index (χ0n) is 12.0. The first-order chi connectivity index (χ1) is 7.41. The largest absolute Gasteiger partial charge is 0.369 e. The fraction of sp³-hybridized carbons (Fsp3) is 0.923. The van der Waals surface area contributed by atoms with Crippen molar-refractivity contribution in [3.05, 3.63) is 0 Å². The van der Waals surface area contributed by atoms with Crippen LogP contribution in [-0.4, -0.2) is 24.7 Å². The van der Waals surface area contributed by atoms with Crippen LogP contribution in [0.1, 0.15) is 54.9 Å². The molecule has 0 radical (unpaired) electrons. The third-order valence-corrected chi connectivity index (χ3v) is 1.78. The van der Waals surface area contributed by atoms with Gasteiger partial charge in [-0.15, -0.1) is 0 Å². The number of hydrogen-bond donors (Lipinski definition) is 1. The van der Waals surface area contributed by atoms with Crippen molar-refractivity contribution in [3.8, 4) is 0 Å². The van der Waals surface area contributed by atoms with E-state index >= 15 is 0 Å². The second-order valence-corrected chi connectivity index (χ2v) is 4.46. The highest BCUT2D eigenvalue weighted by Gasteiger charge is 2.09. The van der Waals surface area contributed by atoms with Crippen LogP contribution in [0.2, 0.25) is 0 Å². The van der Waals surface area contributed by atoms with Crippen molar-refractivity contribution in [1.82, 2.24) is 5.32 Å². The summed E-state index contributed by atoms with van der Waals surface area (Å²) in [5, 5.41) is 2.90. The van der Waals surface area contributed by atoms with Gasteiger partial charge < -0.3 is 10.1 Å². The van der Waals surface area contributed by atoms with Gasteiger partial charge in [0.05, 0.1) is 6.10 Å². The van der Waals surface area contributed by atoms with E-state index in [2.05, 4.69) is 19.2 Å². The van der Waals surface area contributed by atoms with Gasteiger partial charge in [0.15, 0.2) is 0 Å². The van der Waals surface area contributed by atoms with Crippen LogP contribution in [0.4, 0.5) is 0 Å². The molecule has 0 saturated carbocycles. The summed E-state index contributed by atoms with van der Waals surface area (Å²) in [5.74, 6) is 0.586. The molecule has 0 aliphatic rings. The Morgan fingerprint density at radius 1 is 1.12 bits per heavy atom. The summed E-state index contributed by atoms with van der Waals surface area (Å²) in [6, 6.07) is 0.235. The Morgan fingerprint density at radius 3 is 2.00 bits per heavy atom. The third-order valence-electron chi connectivity index (χ3n) is 1.78. The quantitative estimate of drug-likeness (QED) is 0.763. The van der Waals surface area contributed by atoms with Crippen LogP contribution in [0, 0.1) is 5.92 Å². The van der Waals surface area contributed by atoms with Crippen LogP contribution in [0.15, 0.2) is 0 Å². The van der Waals surface area contributed by atoms with Gasteiger partial charge in [-0.1, -0.05) is 27.7 Å². The fourth-order valence-electron chi connectivity index (χ4n) is 1.32. The summed E-state index contributed by atoms with van der Waals surface area (Å²) in [6.45, 7) is 14.3. The summed E-state index contributed by atoms with van der Waals surface area (Å²) in [6.07, 6.45) is 1.12. The first-order valence-electron chi connectivity index (χ1n) is 6.32. The minimum absolute atomic E-state index is 0.0214. The van der Waals surface area contributed by atoms with Crippen LogP contribution >= 0.6 is 0 Å². The van der Waals surface area contributed by atoms with Gasteiger partial charge in [-0.05, 0) is 33.1 Å². The predicted molar refractivity (Wildman–Crippen MR) is 69.5 cm³/mol. The Balaban J connectivity index is 0. The summed E-state index contributed by atoms with van der Waals surface area (Å²) in [7, 11) is 0. The van der Waals surface area contributed by atoms with Gasteiger partial charge in [-0.25, -0.2) is 0 Å². The Labute approximate surface area is 101 Å². The molecule has 0 aliphatic carbocycles. The van der Waals surface area contributed by atoms with E-state index in [1.807, 2.05) is 34.6 Å². The van der Waals surface area contributed by atoms with E-state index in [1.165, 1.54) is 0 Å². The number of rotatable bonds is 6. The molecule has 3 nitrogen and oxygen atoms in total. The standard InChI is InChI=1S/C11H23NO2.C2H6/c1-8(2)6-10(5)12-11(13)7-14-9(3)4;1-2/h8-10H,6-7H2,1-5H3,(H,12,13);1-2H3. The summed E-state index contributed by atoms with van der Waals surface area (Å²) in [5.41, 5.74) is 0. The Bertz CT molecular complexity index is 167. The normalized spacial score (nSPS) is 12.1. The minimum Gasteiger partial charge on any atom is -0.369 e. The first kappa shape index (κ1) is 17.8. The van der Waals surface area contributed by atoms with Gasteiger partial charge in [0.25, 0.3) is 0 Å². The Morgan fingerprint density at radius 2 is 1.62 bits per heavy atom. The minimum atomic E-state index is -0.0214. The fourth-order valence-corrected chi connectivity index (χ4v) is 1.32. The summed E-state index contributed by atoms with van der Waals surface area (Å²) in [4.78, 5) is 11.3. The summed E-state index contributed by atoms with van der Waals surface area (Å²) < 4.78 is 5.20. The maximum atomic E-state index is 11.3. The molecule has 0 bridgehead atoms. The monoisotopic (exact) mass is 231 g/mol. The Kier molecular flexibility index (Phi) is 12.2. The average molecular weight is 231 g/mol. The van der Waals surface area contributed by atoms with E-state index in [0.29, 0.717) is 5.92 Å². The van der Waals surface area contributed by atoms with Crippen LogP contribution < -0.4 is 5.32 Å². The highest BCUT2D eigenvalue weighted by Crippen LogP contribution is 2.03. The molecule has 0 aromatic rings. The smallest absolute Gasteiger partial charge is 0.246 e. The second kappa shape index (κ2) is 10.9. The van der Waals surface area contributed by atoms with Crippen molar-refractivity contribution in [3.63, 3.8) is 0 Å². The molecule has 0 saturated heterocycles. The zero-order valence-corrected chi connectivity index (χ0v) is 12.0. The van der Waals surface area contributed by atoms with E-state index in [1.54, 1.807) is 0 Å². The lowest BCUT2D eigenvalue weighted by atomic mass is 10.1. The molecule has 3 heteroatoms. The zero-order chi connectivity index (χ0) is 13.1. The van der Waals surface area contributed by atoms with Gasteiger partial charge in [-0.2, -0.15) is 0 Å². The molecule has 1 unspecified atom stereocenters. The molecule has 1 atom stereocenters. The topological polar surface area (TPSA) is 38.3 Å². The molecule has 0 aromatic heterocycles. The molecular weight excluding hydrogens is 202 g/mol. The highest BCUT2D eigenvalue weighted by atomic mass is 16.5. The van der Waals surface area contributed by atoms with Crippen molar-refractivity contribution in [1.29, 1.82) is 0 Å². The van der Waals surface area contributed by atoms with Crippen molar-refractivity contribution >= 4 is 5.91 Å². The van der Waals surface area contributed by atoms with Crippen molar-refractivity contribution in [2.75, 3.05) is 6.61 Å². The maximum Gasteiger partial charge on any atom is 0.246 e. The Hall–Kier alpha value is -0.570. The van der Waals surface area contributed by atoms with Crippen molar-refractivity contribution in [2.24, 2.45) is 5.92 Å². The number of carbonyl (C=O) groups is 1. The highest BCUT2D eigenvalue weighted by molar-refractivity contribution is 5.77. The second-order valence-electron chi connectivity index (χ2n) is 4.46. The van der Waals surface area contributed by atoms with Gasteiger partial charge >= 0.3 is 0 Å². The van der Waals surface area contributed by atoms with Crippen LogP contribution in [0.5, 0.6) is 0 Å². The number of amides is 1. The maximum absolute atomic E-state index is 11.3. The molecule has 98 valence electrons. The molecule has 0 heterocycles. The predicted octanol–water partition coefficient (Wildman–Crippen LogP) is 2.99. The molecule has 16 heavy (non-hydrogen) atoms. The average Bonchev–Trinajstić information content (AvgIpc) is 2.16. The van der Waals surface area contributed by atoms with Gasteiger partial charge in [0.2, 0.25) is 5.91 Å². The lowest BCUT2D eigenvalue weighted by molar-refractivity contribution is -0.127. The number of hydrogen-bond acceptors (Lipinski definition) is 2. The molecule has 0 aromatic carbocycles. The molecule has 0 rings (SSSR count). The molecular formula is C13H29NO2. The number of ether oxygens (including phenoxy) is 1. The third kappa shape index (κ3) is 13.4. The molecule has 0 fully saturated rings. The molecule has 1 amide bonds. The molecule has 0 aliphatic heterocycles. The van der Waals surface area contributed by atoms with E-state index in [4.69, 9.17) is 4.74 Å². The lowest BCUT2D eigenvalue weighted by Gasteiger charge is -2.16. The number of nitrogens with one attached hydrogen (secondary N) is 1. The van der Waals surface area contributed by atoms with Gasteiger partial charge in [-0.3, -0.25) is 4.79 Å². The van der Waals surface area contributed by atoms with Crippen LogP contribution in [0.25, 0.3) is 0 Å². The lowest BCUT2D eigenvalue weighted by Crippen LogP contribution is -2.36. The summed E-state index contributed by atoms with van der Waals surface area (Å²) >= 11 is 0. The van der Waals surface area contributed by atoms with E-state index in [0.717, 1.165) is 6.42 Å².